The quantitative estimate of drug-likeness (QED) is 0.863. The number of hydrogen-bond donors (Lipinski definition) is 1. The molecule has 94 valence electrons. The summed E-state index contributed by atoms with van der Waals surface area (Å²) in [6.07, 6.45) is 1.46. The van der Waals surface area contributed by atoms with E-state index >= 15 is 0 Å². The van der Waals surface area contributed by atoms with E-state index in [2.05, 4.69) is 44.3 Å². The Morgan fingerprint density at radius 2 is 1.94 bits per heavy atom. The van der Waals surface area contributed by atoms with Crippen LogP contribution >= 0.6 is 0 Å². The highest BCUT2D eigenvalue weighted by atomic mass is 16.5. The molecule has 0 radical (unpaired) electrons. The Kier molecular flexibility index (Phi) is 4.19. The number of nitrogens with one attached hydrogen (secondary N) is 1. The third-order valence-electron chi connectivity index (χ3n) is 3.44. The third kappa shape index (κ3) is 3.08. The molecule has 0 amide bonds. The molecule has 1 aliphatic heterocycles. The minimum atomic E-state index is 0.285. The van der Waals surface area contributed by atoms with Crippen LogP contribution in [-0.2, 0) is 4.74 Å². The van der Waals surface area contributed by atoms with E-state index in [1.807, 2.05) is 0 Å². The van der Waals surface area contributed by atoms with Gasteiger partial charge in [-0.25, -0.2) is 0 Å². The average molecular weight is 233 g/mol. The summed E-state index contributed by atoms with van der Waals surface area (Å²) < 4.78 is 5.92. The fourth-order valence-electron chi connectivity index (χ4n) is 2.72. The van der Waals surface area contributed by atoms with Crippen LogP contribution in [0.25, 0.3) is 0 Å². The van der Waals surface area contributed by atoms with Crippen molar-refractivity contribution in [2.24, 2.45) is 5.92 Å². The molecule has 1 aromatic rings. The van der Waals surface area contributed by atoms with Gasteiger partial charge in [-0.15, -0.1) is 0 Å². The SMILES string of the molecule is CCNCC1CCOC1c1cc(C)cc(C)c1. The fraction of sp³-hybridized carbons (Fsp3) is 0.600. The largest absolute Gasteiger partial charge is 0.373 e. The minimum Gasteiger partial charge on any atom is -0.373 e. The van der Waals surface area contributed by atoms with Crippen molar-refractivity contribution in [3.8, 4) is 0 Å². The zero-order chi connectivity index (χ0) is 12.3. The second-order valence-corrected chi connectivity index (χ2v) is 5.07. The Labute approximate surface area is 104 Å². The van der Waals surface area contributed by atoms with Crippen molar-refractivity contribution >= 4 is 0 Å². The van der Waals surface area contributed by atoms with Crippen molar-refractivity contribution in [2.75, 3.05) is 19.7 Å². The van der Waals surface area contributed by atoms with E-state index in [4.69, 9.17) is 4.74 Å². The molecule has 1 fully saturated rings. The van der Waals surface area contributed by atoms with Gasteiger partial charge in [0.15, 0.2) is 0 Å². The van der Waals surface area contributed by atoms with E-state index in [1.165, 1.54) is 23.1 Å². The van der Waals surface area contributed by atoms with E-state index in [9.17, 15) is 0 Å². The molecule has 1 saturated heterocycles. The summed E-state index contributed by atoms with van der Waals surface area (Å²) in [4.78, 5) is 0. The molecule has 1 N–H and O–H groups in total. The number of aryl methyl sites for hydroxylation is 2. The van der Waals surface area contributed by atoms with Gasteiger partial charge in [-0.05, 0) is 32.4 Å². The minimum absolute atomic E-state index is 0.285. The molecule has 0 spiro atoms. The highest BCUT2D eigenvalue weighted by Crippen LogP contribution is 2.34. The maximum absolute atomic E-state index is 5.92. The number of hydrogen-bond acceptors (Lipinski definition) is 2. The maximum atomic E-state index is 5.92. The highest BCUT2D eigenvalue weighted by Gasteiger charge is 2.29. The van der Waals surface area contributed by atoms with Crippen LogP contribution in [0.2, 0.25) is 0 Å². The van der Waals surface area contributed by atoms with Crippen molar-refractivity contribution in [3.05, 3.63) is 34.9 Å². The lowest BCUT2D eigenvalue weighted by Gasteiger charge is -2.20. The fourth-order valence-corrected chi connectivity index (χ4v) is 2.72. The van der Waals surface area contributed by atoms with Crippen molar-refractivity contribution in [2.45, 2.75) is 33.3 Å². The summed E-state index contributed by atoms with van der Waals surface area (Å²) in [6, 6.07) is 6.75. The van der Waals surface area contributed by atoms with Gasteiger partial charge in [0.1, 0.15) is 0 Å². The van der Waals surface area contributed by atoms with Crippen molar-refractivity contribution in [1.29, 1.82) is 0 Å². The van der Waals surface area contributed by atoms with Gasteiger partial charge in [-0.1, -0.05) is 36.2 Å². The Morgan fingerprint density at radius 3 is 2.59 bits per heavy atom. The molecule has 2 heteroatoms. The molecule has 1 aromatic carbocycles. The smallest absolute Gasteiger partial charge is 0.0866 e. The van der Waals surface area contributed by atoms with Crippen LogP contribution in [0.1, 0.15) is 36.1 Å². The molecule has 17 heavy (non-hydrogen) atoms. The maximum Gasteiger partial charge on any atom is 0.0866 e. The summed E-state index contributed by atoms with van der Waals surface area (Å²) in [6.45, 7) is 9.47. The van der Waals surface area contributed by atoms with E-state index in [-0.39, 0.29) is 6.10 Å². The normalized spacial score (nSPS) is 24.2. The van der Waals surface area contributed by atoms with E-state index in [0.29, 0.717) is 5.92 Å². The van der Waals surface area contributed by atoms with E-state index < -0.39 is 0 Å². The van der Waals surface area contributed by atoms with E-state index in [0.717, 1.165) is 19.7 Å². The topological polar surface area (TPSA) is 21.3 Å². The molecule has 1 heterocycles. The Morgan fingerprint density at radius 1 is 1.24 bits per heavy atom. The van der Waals surface area contributed by atoms with Crippen LogP contribution in [-0.4, -0.2) is 19.7 Å². The predicted octanol–water partition coefficient (Wildman–Crippen LogP) is 2.99. The van der Waals surface area contributed by atoms with Gasteiger partial charge in [0.25, 0.3) is 0 Å². The van der Waals surface area contributed by atoms with Gasteiger partial charge in [0, 0.05) is 19.1 Å². The predicted molar refractivity (Wildman–Crippen MR) is 71.3 cm³/mol. The van der Waals surface area contributed by atoms with Gasteiger partial charge in [-0.2, -0.15) is 0 Å². The van der Waals surface area contributed by atoms with Crippen molar-refractivity contribution in [3.63, 3.8) is 0 Å². The first-order valence-electron chi connectivity index (χ1n) is 6.61. The van der Waals surface area contributed by atoms with Gasteiger partial charge in [-0.3, -0.25) is 0 Å². The first-order valence-corrected chi connectivity index (χ1v) is 6.61. The summed E-state index contributed by atoms with van der Waals surface area (Å²) >= 11 is 0. The van der Waals surface area contributed by atoms with Crippen LogP contribution < -0.4 is 5.32 Å². The molecule has 2 unspecified atom stereocenters. The molecule has 1 aliphatic rings. The van der Waals surface area contributed by atoms with Crippen LogP contribution in [0.5, 0.6) is 0 Å². The third-order valence-corrected chi connectivity index (χ3v) is 3.44. The van der Waals surface area contributed by atoms with Crippen molar-refractivity contribution in [1.82, 2.24) is 5.32 Å². The monoisotopic (exact) mass is 233 g/mol. The summed E-state index contributed by atoms with van der Waals surface area (Å²) in [7, 11) is 0. The molecular weight excluding hydrogens is 210 g/mol. The Balaban J connectivity index is 2.14. The molecule has 0 aliphatic carbocycles. The van der Waals surface area contributed by atoms with Gasteiger partial charge >= 0.3 is 0 Å². The zero-order valence-corrected chi connectivity index (χ0v) is 11.1. The van der Waals surface area contributed by atoms with Crippen molar-refractivity contribution < 1.29 is 4.74 Å². The van der Waals surface area contributed by atoms with Gasteiger partial charge in [0.05, 0.1) is 6.10 Å². The number of benzene rings is 1. The van der Waals surface area contributed by atoms with Gasteiger partial charge < -0.3 is 10.1 Å². The lowest BCUT2D eigenvalue weighted by atomic mass is 9.93. The van der Waals surface area contributed by atoms with Gasteiger partial charge in [0.2, 0.25) is 0 Å². The molecule has 2 nitrogen and oxygen atoms in total. The van der Waals surface area contributed by atoms with Crippen LogP contribution in [0, 0.1) is 19.8 Å². The van der Waals surface area contributed by atoms with Crippen LogP contribution in [0.15, 0.2) is 18.2 Å². The average Bonchev–Trinajstić information content (AvgIpc) is 2.73. The standard InChI is InChI=1S/C15H23NO/c1-4-16-10-13-5-6-17-15(13)14-8-11(2)7-12(3)9-14/h7-9,13,15-16H,4-6,10H2,1-3H3. The lowest BCUT2D eigenvalue weighted by molar-refractivity contribution is 0.0906. The first kappa shape index (κ1) is 12.6. The van der Waals surface area contributed by atoms with Crippen LogP contribution in [0.3, 0.4) is 0 Å². The second kappa shape index (κ2) is 5.65. The summed E-state index contributed by atoms with van der Waals surface area (Å²) in [5.41, 5.74) is 4.01. The molecule has 0 saturated carbocycles. The zero-order valence-electron chi connectivity index (χ0n) is 11.1. The lowest BCUT2D eigenvalue weighted by Crippen LogP contribution is -2.24. The molecule has 0 bridgehead atoms. The molecule has 2 atom stereocenters. The molecule has 2 rings (SSSR count). The number of ether oxygens (including phenoxy) is 1. The summed E-state index contributed by atoms with van der Waals surface area (Å²) in [5.74, 6) is 0.621. The molecule has 0 aromatic heterocycles. The number of rotatable bonds is 4. The highest BCUT2D eigenvalue weighted by molar-refractivity contribution is 5.30. The Bertz CT molecular complexity index is 355. The molecular formula is C15H23NO. The first-order chi connectivity index (χ1) is 8.20. The van der Waals surface area contributed by atoms with E-state index in [1.54, 1.807) is 0 Å². The second-order valence-electron chi connectivity index (χ2n) is 5.07. The summed E-state index contributed by atoms with van der Waals surface area (Å²) in [5, 5.41) is 3.44. The Hall–Kier alpha value is -0.860. The van der Waals surface area contributed by atoms with Crippen LogP contribution in [0.4, 0.5) is 0 Å².